The Labute approximate surface area is 159 Å². The molecule has 2 aromatic heterocycles. The lowest BCUT2D eigenvalue weighted by Gasteiger charge is -2.30. The lowest BCUT2D eigenvalue weighted by atomic mass is 10.0. The van der Waals surface area contributed by atoms with Crippen molar-refractivity contribution in [1.82, 2.24) is 19.7 Å². The molecule has 0 bridgehead atoms. The number of fused-ring (bicyclic) bond motifs is 1. The minimum absolute atomic E-state index is 0.139. The maximum Gasteiger partial charge on any atom is 0.258 e. The van der Waals surface area contributed by atoms with Gasteiger partial charge in [0.05, 0.1) is 22.8 Å². The summed E-state index contributed by atoms with van der Waals surface area (Å²) >= 11 is 0. The molecule has 1 saturated heterocycles. The predicted octanol–water partition coefficient (Wildman–Crippen LogP) is 3.57. The van der Waals surface area contributed by atoms with Crippen molar-refractivity contribution in [2.45, 2.75) is 32.7 Å². The molecule has 1 aromatic carbocycles. The molecule has 0 atom stereocenters. The standard InChI is InChI=1S/C21H25N5O/c1-14-12-20(26(24-14)16-8-10-25(3)11-9-16)23-21(27)18-13-22-19-7-5-4-6-17(19)15(18)2/h4-7,12-13,16H,8-11H2,1-3H3,(H,23,27). The number of rotatable bonds is 3. The highest BCUT2D eigenvalue weighted by Gasteiger charge is 2.23. The van der Waals surface area contributed by atoms with Gasteiger partial charge in [0.2, 0.25) is 0 Å². The molecule has 6 heteroatoms. The van der Waals surface area contributed by atoms with E-state index in [9.17, 15) is 4.79 Å². The average Bonchev–Trinajstić information content (AvgIpc) is 3.03. The number of aromatic nitrogens is 3. The predicted molar refractivity (Wildman–Crippen MR) is 107 cm³/mol. The Morgan fingerprint density at radius 3 is 2.70 bits per heavy atom. The third kappa shape index (κ3) is 3.45. The normalized spacial score (nSPS) is 16.0. The summed E-state index contributed by atoms with van der Waals surface area (Å²) < 4.78 is 1.99. The SMILES string of the molecule is Cc1cc(NC(=O)c2cnc3ccccc3c2C)n(C2CCN(C)CC2)n1. The van der Waals surface area contributed by atoms with Crippen LogP contribution in [0.3, 0.4) is 0 Å². The van der Waals surface area contributed by atoms with Crippen molar-refractivity contribution in [3.63, 3.8) is 0 Å². The van der Waals surface area contributed by atoms with E-state index in [0.717, 1.165) is 53.9 Å². The van der Waals surface area contributed by atoms with Gasteiger partial charge in [0.1, 0.15) is 5.82 Å². The van der Waals surface area contributed by atoms with Gasteiger partial charge in [-0.15, -0.1) is 0 Å². The smallest absolute Gasteiger partial charge is 0.258 e. The third-order valence-corrected chi connectivity index (χ3v) is 5.42. The van der Waals surface area contributed by atoms with Crippen LogP contribution in [0.25, 0.3) is 10.9 Å². The summed E-state index contributed by atoms with van der Waals surface area (Å²) in [6.07, 6.45) is 3.74. The minimum Gasteiger partial charge on any atom is -0.307 e. The number of carbonyl (C=O) groups is 1. The number of anilines is 1. The summed E-state index contributed by atoms with van der Waals surface area (Å²) in [4.78, 5) is 19.7. The Morgan fingerprint density at radius 1 is 1.19 bits per heavy atom. The molecule has 1 fully saturated rings. The zero-order valence-corrected chi connectivity index (χ0v) is 16.1. The van der Waals surface area contributed by atoms with Crippen LogP contribution >= 0.6 is 0 Å². The van der Waals surface area contributed by atoms with Gasteiger partial charge in [0, 0.05) is 17.6 Å². The van der Waals surface area contributed by atoms with Gasteiger partial charge in [-0.2, -0.15) is 5.10 Å². The number of hydrogen-bond donors (Lipinski definition) is 1. The second-order valence-electron chi connectivity index (χ2n) is 7.42. The van der Waals surface area contributed by atoms with Crippen molar-refractivity contribution in [2.75, 3.05) is 25.5 Å². The highest BCUT2D eigenvalue weighted by Crippen LogP contribution is 2.27. The van der Waals surface area contributed by atoms with Crippen LogP contribution in [0.1, 0.15) is 40.5 Å². The zero-order chi connectivity index (χ0) is 19.0. The molecular formula is C21H25N5O. The fraction of sp³-hybridized carbons (Fsp3) is 0.381. The first-order valence-corrected chi connectivity index (χ1v) is 9.43. The van der Waals surface area contributed by atoms with Gasteiger partial charge in [-0.3, -0.25) is 9.78 Å². The molecule has 1 aliphatic heterocycles. The van der Waals surface area contributed by atoms with E-state index in [1.54, 1.807) is 6.20 Å². The van der Waals surface area contributed by atoms with Crippen LogP contribution in [0.2, 0.25) is 0 Å². The van der Waals surface area contributed by atoms with Crippen LogP contribution in [0.15, 0.2) is 36.5 Å². The molecule has 3 heterocycles. The van der Waals surface area contributed by atoms with Crippen molar-refractivity contribution in [2.24, 2.45) is 0 Å². The summed E-state index contributed by atoms with van der Waals surface area (Å²) in [5.41, 5.74) is 3.36. The molecule has 3 aromatic rings. The second-order valence-corrected chi connectivity index (χ2v) is 7.42. The largest absolute Gasteiger partial charge is 0.307 e. The Kier molecular flexibility index (Phi) is 4.66. The summed E-state index contributed by atoms with van der Waals surface area (Å²) in [7, 11) is 2.14. The van der Waals surface area contributed by atoms with Crippen molar-refractivity contribution in [3.8, 4) is 0 Å². The molecule has 0 spiro atoms. The van der Waals surface area contributed by atoms with Gasteiger partial charge in [0.15, 0.2) is 0 Å². The van der Waals surface area contributed by atoms with Crippen LogP contribution < -0.4 is 5.32 Å². The lowest BCUT2D eigenvalue weighted by Crippen LogP contribution is -2.32. The van der Waals surface area contributed by atoms with E-state index in [1.807, 2.05) is 48.9 Å². The fourth-order valence-corrected chi connectivity index (χ4v) is 3.82. The van der Waals surface area contributed by atoms with Gasteiger partial charge >= 0.3 is 0 Å². The Hall–Kier alpha value is -2.73. The Balaban J connectivity index is 1.61. The monoisotopic (exact) mass is 363 g/mol. The highest BCUT2D eigenvalue weighted by atomic mass is 16.1. The summed E-state index contributed by atoms with van der Waals surface area (Å²) in [6.45, 7) is 6.03. The van der Waals surface area contributed by atoms with Gasteiger partial charge in [-0.1, -0.05) is 18.2 Å². The number of nitrogens with one attached hydrogen (secondary N) is 1. The van der Waals surface area contributed by atoms with E-state index in [1.165, 1.54) is 0 Å². The topological polar surface area (TPSA) is 63.1 Å². The summed E-state index contributed by atoms with van der Waals surface area (Å²) in [6, 6.07) is 10.2. The Morgan fingerprint density at radius 2 is 1.93 bits per heavy atom. The number of carbonyl (C=O) groups excluding carboxylic acids is 1. The van der Waals surface area contributed by atoms with Crippen molar-refractivity contribution < 1.29 is 4.79 Å². The molecule has 0 unspecified atom stereocenters. The molecule has 0 saturated carbocycles. The average molecular weight is 363 g/mol. The quantitative estimate of drug-likeness (QED) is 0.773. The van der Waals surface area contributed by atoms with Crippen molar-refractivity contribution in [1.29, 1.82) is 0 Å². The molecular weight excluding hydrogens is 338 g/mol. The fourth-order valence-electron chi connectivity index (χ4n) is 3.82. The molecule has 1 N–H and O–H groups in total. The van der Waals surface area contributed by atoms with Gasteiger partial charge in [-0.05, 0) is 58.5 Å². The van der Waals surface area contributed by atoms with Gasteiger partial charge < -0.3 is 10.2 Å². The summed E-state index contributed by atoms with van der Waals surface area (Å²) in [5.74, 6) is 0.624. The highest BCUT2D eigenvalue weighted by molar-refractivity contribution is 6.07. The van der Waals surface area contributed by atoms with E-state index in [2.05, 4.69) is 27.3 Å². The number of pyridine rings is 1. The van der Waals surface area contributed by atoms with E-state index < -0.39 is 0 Å². The van der Waals surface area contributed by atoms with E-state index >= 15 is 0 Å². The number of para-hydroxylation sites is 1. The number of nitrogens with zero attached hydrogens (tertiary/aromatic N) is 4. The molecule has 4 rings (SSSR count). The van der Waals surface area contributed by atoms with Crippen LogP contribution in [0, 0.1) is 13.8 Å². The zero-order valence-electron chi connectivity index (χ0n) is 16.1. The molecule has 0 aliphatic carbocycles. The number of amides is 1. The van der Waals surface area contributed by atoms with Crippen molar-refractivity contribution in [3.05, 3.63) is 53.3 Å². The second kappa shape index (κ2) is 7.12. The molecule has 27 heavy (non-hydrogen) atoms. The lowest BCUT2D eigenvalue weighted by molar-refractivity contribution is 0.102. The van der Waals surface area contributed by atoms with E-state index in [4.69, 9.17) is 0 Å². The number of piperidine rings is 1. The van der Waals surface area contributed by atoms with E-state index in [-0.39, 0.29) is 5.91 Å². The first kappa shape index (κ1) is 17.7. The number of aryl methyl sites for hydroxylation is 2. The number of likely N-dealkylation sites (tertiary alicyclic amines) is 1. The molecule has 1 aliphatic rings. The van der Waals surface area contributed by atoms with Crippen LogP contribution in [0.5, 0.6) is 0 Å². The maximum atomic E-state index is 13.0. The first-order chi connectivity index (χ1) is 13.0. The molecule has 1 amide bonds. The van der Waals surface area contributed by atoms with E-state index in [0.29, 0.717) is 11.6 Å². The van der Waals surface area contributed by atoms with Gasteiger partial charge in [0.25, 0.3) is 5.91 Å². The van der Waals surface area contributed by atoms with Crippen LogP contribution in [-0.4, -0.2) is 45.7 Å². The maximum absolute atomic E-state index is 13.0. The molecule has 140 valence electrons. The first-order valence-electron chi connectivity index (χ1n) is 9.43. The van der Waals surface area contributed by atoms with Crippen LogP contribution in [0.4, 0.5) is 5.82 Å². The molecule has 0 radical (unpaired) electrons. The van der Waals surface area contributed by atoms with Crippen LogP contribution in [-0.2, 0) is 0 Å². The summed E-state index contributed by atoms with van der Waals surface area (Å²) in [5, 5.41) is 8.72. The number of hydrogen-bond acceptors (Lipinski definition) is 4. The molecule has 6 nitrogen and oxygen atoms in total. The van der Waals surface area contributed by atoms with Crippen molar-refractivity contribution >= 4 is 22.6 Å². The Bertz CT molecular complexity index is 985. The van der Waals surface area contributed by atoms with Gasteiger partial charge in [-0.25, -0.2) is 4.68 Å². The third-order valence-electron chi connectivity index (χ3n) is 5.42. The number of benzene rings is 1. The minimum atomic E-state index is -0.139.